The first-order valence-corrected chi connectivity index (χ1v) is 18.4. The van der Waals surface area contributed by atoms with Crippen LogP contribution in [0.5, 0.6) is 5.75 Å². The molecule has 3 aromatic rings. The first-order valence-electron chi connectivity index (χ1n) is 15.8. The Morgan fingerprint density at radius 1 is 1.02 bits per heavy atom. The maximum Gasteiger partial charge on any atom is 0.277 e. The highest BCUT2D eigenvalue weighted by Gasteiger charge is 2.65. The van der Waals surface area contributed by atoms with Crippen LogP contribution in [-0.4, -0.2) is 43.9 Å². The van der Waals surface area contributed by atoms with Crippen molar-refractivity contribution in [1.82, 2.24) is 10.0 Å². The summed E-state index contributed by atoms with van der Waals surface area (Å²) in [5, 5.41) is 3.41. The van der Waals surface area contributed by atoms with Gasteiger partial charge in [-0.25, -0.2) is 22.4 Å². The Balaban J connectivity index is 1.85. The monoisotopic (exact) mass is 731 g/mol. The highest BCUT2D eigenvalue weighted by Crippen LogP contribution is 2.61. The first-order chi connectivity index (χ1) is 23.0. The molecule has 14 heteroatoms. The van der Waals surface area contributed by atoms with Crippen molar-refractivity contribution in [2.75, 3.05) is 11.2 Å². The van der Waals surface area contributed by atoms with Crippen LogP contribution in [0.2, 0.25) is 10.0 Å². The Hall–Kier alpha value is -4.00. The smallest absolute Gasteiger partial charge is 0.277 e. The number of carbonyl (C=O) groups excluding carboxylic acids is 4. The van der Waals surface area contributed by atoms with Gasteiger partial charge >= 0.3 is 0 Å². The number of nitrogens with one attached hydrogen (secondary N) is 2. The molecule has 2 aliphatic heterocycles. The molecule has 0 radical (unpaired) electrons. The van der Waals surface area contributed by atoms with E-state index in [1.807, 2.05) is 4.72 Å². The molecule has 10 nitrogen and oxygen atoms in total. The number of aryl methyl sites for hydroxylation is 1. The number of anilines is 1. The molecular weight excluding hydrogens is 696 g/mol. The fourth-order valence-electron chi connectivity index (χ4n) is 7.07. The number of sulfonamides is 1. The summed E-state index contributed by atoms with van der Waals surface area (Å²) >= 11 is 13.0. The summed E-state index contributed by atoms with van der Waals surface area (Å²) in [6.07, 6.45) is 0.613. The van der Waals surface area contributed by atoms with Crippen molar-refractivity contribution in [3.63, 3.8) is 0 Å². The maximum atomic E-state index is 15.2. The topological polar surface area (TPSA) is 139 Å². The summed E-state index contributed by atoms with van der Waals surface area (Å²) in [4.78, 5) is 57.0. The zero-order valence-corrected chi connectivity index (χ0v) is 29.9. The SMILES string of the molecule is CCC(=O)N1C(=O)C2(c3ccc(Cl)cc31)C(c1cc(Cl)ccc1OC(CC)(CC)C(=O)NS(C)(=O)=O)CC(=O)NC2c1cc(F)ccc1C. The van der Waals surface area contributed by atoms with Crippen LogP contribution in [0.1, 0.15) is 80.7 Å². The van der Waals surface area contributed by atoms with Crippen LogP contribution < -0.4 is 19.7 Å². The number of halogens is 3. The number of amides is 4. The number of nitrogens with zero attached hydrogens (tertiary/aromatic N) is 1. The molecule has 0 aliphatic carbocycles. The quantitative estimate of drug-likeness (QED) is 0.275. The van der Waals surface area contributed by atoms with Crippen molar-refractivity contribution in [2.24, 2.45) is 0 Å². The van der Waals surface area contributed by atoms with Gasteiger partial charge in [0.15, 0.2) is 5.60 Å². The number of benzene rings is 3. The third-order valence-electron chi connectivity index (χ3n) is 9.49. The number of hydrogen-bond donors (Lipinski definition) is 2. The van der Waals surface area contributed by atoms with Crippen LogP contribution in [-0.2, 0) is 34.6 Å². The van der Waals surface area contributed by atoms with Gasteiger partial charge in [0.2, 0.25) is 27.7 Å². The number of ether oxygens (including phenoxy) is 1. The number of piperidine rings is 1. The molecule has 3 atom stereocenters. The van der Waals surface area contributed by atoms with Gasteiger partial charge in [-0.2, -0.15) is 0 Å². The number of carbonyl (C=O) groups is 4. The van der Waals surface area contributed by atoms with Crippen molar-refractivity contribution in [3.05, 3.63) is 92.7 Å². The van der Waals surface area contributed by atoms with Gasteiger partial charge in [-0.05, 0) is 78.9 Å². The molecule has 49 heavy (non-hydrogen) atoms. The van der Waals surface area contributed by atoms with Gasteiger partial charge in [-0.15, -0.1) is 0 Å². The van der Waals surface area contributed by atoms with Gasteiger partial charge in [0.05, 0.1) is 18.0 Å². The molecule has 0 bridgehead atoms. The lowest BCUT2D eigenvalue weighted by molar-refractivity contribution is -0.137. The van der Waals surface area contributed by atoms with Crippen LogP contribution in [0.4, 0.5) is 10.1 Å². The molecule has 1 spiro atoms. The van der Waals surface area contributed by atoms with Gasteiger partial charge < -0.3 is 10.1 Å². The summed E-state index contributed by atoms with van der Waals surface area (Å²) in [6.45, 7) is 6.65. The van der Waals surface area contributed by atoms with Crippen molar-refractivity contribution in [2.45, 2.75) is 76.4 Å². The predicted octanol–water partition coefficient (Wildman–Crippen LogP) is 6.02. The number of fused-ring (bicyclic) bond motifs is 2. The molecule has 0 aromatic heterocycles. The van der Waals surface area contributed by atoms with Gasteiger partial charge in [0.1, 0.15) is 17.0 Å². The minimum absolute atomic E-state index is 0.0368. The largest absolute Gasteiger partial charge is 0.477 e. The normalized spacial score (nSPS) is 20.6. The summed E-state index contributed by atoms with van der Waals surface area (Å²) in [7, 11) is -3.97. The second-order valence-electron chi connectivity index (χ2n) is 12.4. The number of imide groups is 1. The Morgan fingerprint density at radius 2 is 1.67 bits per heavy atom. The second kappa shape index (κ2) is 13.4. The molecule has 5 rings (SSSR count). The van der Waals surface area contributed by atoms with Gasteiger partial charge in [0.25, 0.3) is 5.91 Å². The Morgan fingerprint density at radius 3 is 2.31 bits per heavy atom. The van der Waals surface area contributed by atoms with E-state index in [9.17, 15) is 27.2 Å². The lowest BCUT2D eigenvalue weighted by atomic mass is 9.58. The van der Waals surface area contributed by atoms with Gasteiger partial charge in [-0.1, -0.05) is 56.1 Å². The minimum atomic E-state index is -3.97. The van der Waals surface area contributed by atoms with Crippen LogP contribution >= 0.6 is 23.2 Å². The van der Waals surface area contributed by atoms with E-state index in [0.29, 0.717) is 16.7 Å². The van der Waals surface area contributed by atoms with E-state index in [-0.39, 0.29) is 52.7 Å². The summed E-state index contributed by atoms with van der Waals surface area (Å²) in [5.74, 6) is -4.22. The molecule has 260 valence electrons. The Labute approximate surface area is 294 Å². The third kappa shape index (κ3) is 6.30. The fraction of sp³-hybridized carbons (Fsp3) is 0.371. The highest BCUT2D eigenvalue weighted by molar-refractivity contribution is 7.89. The standard InChI is InChI=1S/C35H36Cl2FN3O7S/c1-6-30(43)41-27-16-21(37)10-13-25(27)35(33(41)45)26(18-29(42)39-31(35)23-17-22(38)12-9-19(23)4)24-15-20(36)11-14-28(24)48-34(7-2,8-3)32(44)40-49(5,46)47/h9-17,26,31H,6-8,18H2,1-5H3,(H,39,42)(H,40,44). The summed E-state index contributed by atoms with van der Waals surface area (Å²) in [6, 6.07) is 12.1. The number of rotatable bonds is 9. The Bertz CT molecular complexity index is 1990. The first kappa shape index (κ1) is 36.3. The van der Waals surface area contributed by atoms with E-state index in [4.69, 9.17) is 27.9 Å². The fourth-order valence-corrected chi connectivity index (χ4v) is 7.94. The average Bonchev–Trinajstić information content (AvgIpc) is 3.28. The molecule has 4 amide bonds. The average molecular weight is 733 g/mol. The highest BCUT2D eigenvalue weighted by atomic mass is 35.5. The molecule has 2 heterocycles. The van der Waals surface area contributed by atoms with E-state index in [1.165, 1.54) is 42.5 Å². The van der Waals surface area contributed by atoms with E-state index in [0.717, 1.165) is 11.2 Å². The lowest BCUT2D eigenvalue weighted by Gasteiger charge is -2.47. The number of hydrogen-bond acceptors (Lipinski definition) is 7. The zero-order valence-electron chi connectivity index (χ0n) is 27.5. The summed E-state index contributed by atoms with van der Waals surface area (Å²) in [5.41, 5.74) is -1.75. The van der Waals surface area contributed by atoms with Crippen LogP contribution in [0.25, 0.3) is 0 Å². The van der Waals surface area contributed by atoms with Crippen molar-refractivity contribution in [1.29, 1.82) is 0 Å². The van der Waals surface area contributed by atoms with Crippen LogP contribution in [0, 0.1) is 12.7 Å². The Kier molecular flexibility index (Phi) is 9.90. The molecule has 3 aromatic carbocycles. The van der Waals surface area contributed by atoms with Crippen molar-refractivity contribution >= 4 is 62.5 Å². The predicted molar refractivity (Wildman–Crippen MR) is 184 cm³/mol. The van der Waals surface area contributed by atoms with E-state index < -0.39 is 62.4 Å². The minimum Gasteiger partial charge on any atom is -0.477 e. The molecule has 2 N–H and O–H groups in total. The maximum absolute atomic E-state index is 15.2. The van der Waals surface area contributed by atoms with Crippen molar-refractivity contribution in [3.8, 4) is 5.75 Å². The lowest BCUT2D eigenvalue weighted by Crippen LogP contribution is -2.59. The zero-order chi connectivity index (χ0) is 36.1. The molecule has 0 saturated carbocycles. The van der Waals surface area contributed by atoms with E-state index in [1.54, 1.807) is 39.8 Å². The third-order valence-corrected chi connectivity index (χ3v) is 10.5. The molecule has 1 fully saturated rings. The van der Waals surface area contributed by atoms with Crippen LogP contribution in [0.15, 0.2) is 54.6 Å². The van der Waals surface area contributed by atoms with Gasteiger partial charge in [0, 0.05) is 34.4 Å². The van der Waals surface area contributed by atoms with E-state index in [2.05, 4.69) is 5.32 Å². The molecule has 2 aliphatic rings. The van der Waals surface area contributed by atoms with E-state index >= 15 is 4.79 Å². The molecule has 1 saturated heterocycles. The molecule has 3 unspecified atom stereocenters. The van der Waals surface area contributed by atoms with Crippen LogP contribution in [0.3, 0.4) is 0 Å². The summed E-state index contributed by atoms with van der Waals surface area (Å²) < 4.78 is 47.6. The van der Waals surface area contributed by atoms with Crippen molar-refractivity contribution < 1.29 is 36.7 Å². The van der Waals surface area contributed by atoms with Gasteiger partial charge in [-0.3, -0.25) is 19.2 Å². The molecular formula is C35H36Cl2FN3O7S. The second-order valence-corrected chi connectivity index (χ2v) is 15.0.